The first kappa shape index (κ1) is 27.5. The van der Waals surface area contributed by atoms with Crippen LogP contribution in [0.5, 0.6) is 17.2 Å². The molecule has 0 aliphatic carbocycles. The van der Waals surface area contributed by atoms with Gasteiger partial charge in [0.1, 0.15) is 24.6 Å². The standard InChI is InChI=1S/C29H38N4O5/c1-22-6-8-26(16-23(22)2)38-21-29(35)19-31(12-13-32(20-29)24(3)34)18-25-7-9-27(28(17-25)36-4)37-15-14-33-11-5-10-30-33/h5-11,16-17,35H,12-15,18-21H2,1-4H3/t29-/m1/s1. The van der Waals surface area contributed by atoms with Crippen LogP contribution in [-0.2, 0) is 17.9 Å². The topological polar surface area (TPSA) is 89.3 Å². The van der Waals surface area contributed by atoms with E-state index in [9.17, 15) is 9.90 Å². The predicted molar refractivity (Wildman–Crippen MR) is 145 cm³/mol. The van der Waals surface area contributed by atoms with Crippen molar-refractivity contribution in [2.24, 2.45) is 0 Å². The fourth-order valence-corrected chi connectivity index (χ4v) is 4.63. The van der Waals surface area contributed by atoms with Crippen molar-refractivity contribution in [2.75, 3.05) is 46.5 Å². The Morgan fingerprint density at radius 1 is 1.05 bits per heavy atom. The summed E-state index contributed by atoms with van der Waals surface area (Å²) in [5.41, 5.74) is 2.12. The molecule has 0 spiro atoms. The maximum absolute atomic E-state index is 12.3. The molecule has 0 radical (unpaired) electrons. The number of hydrogen-bond acceptors (Lipinski definition) is 7. The van der Waals surface area contributed by atoms with Crippen LogP contribution in [0.15, 0.2) is 54.9 Å². The first-order valence-electron chi connectivity index (χ1n) is 12.9. The zero-order valence-corrected chi connectivity index (χ0v) is 22.7. The Morgan fingerprint density at radius 3 is 2.61 bits per heavy atom. The summed E-state index contributed by atoms with van der Waals surface area (Å²) < 4.78 is 19.4. The van der Waals surface area contributed by atoms with E-state index in [1.807, 2.05) is 60.3 Å². The number of β-amino-alcohol motifs (C(OH)–C–C–N with tert-alkyl or cyclic N) is 1. The number of benzene rings is 2. The summed E-state index contributed by atoms with van der Waals surface area (Å²) in [5.74, 6) is 1.96. The Kier molecular flexibility index (Phi) is 8.91. The number of aliphatic hydroxyl groups is 1. The Bertz CT molecular complexity index is 1220. The van der Waals surface area contributed by atoms with Gasteiger partial charge in [0.05, 0.1) is 20.2 Å². The highest BCUT2D eigenvalue weighted by Crippen LogP contribution is 2.29. The van der Waals surface area contributed by atoms with Crippen molar-refractivity contribution < 1.29 is 24.1 Å². The number of rotatable bonds is 10. The summed E-state index contributed by atoms with van der Waals surface area (Å²) in [5, 5.41) is 15.8. The lowest BCUT2D eigenvalue weighted by Crippen LogP contribution is -2.51. The largest absolute Gasteiger partial charge is 0.493 e. The number of aryl methyl sites for hydroxylation is 2. The van der Waals surface area contributed by atoms with Crippen molar-refractivity contribution in [1.82, 2.24) is 19.6 Å². The van der Waals surface area contributed by atoms with Gasteiger partial charge in [-0.05, 0) is 60.9 Å². The molecular weight excluding hydrogens is 484 g/mol. The molecule has 1 aliphatic rings. The van der Waals surface area contributed by atoms with E-state index in [2.05, 4.69) is 16.9 Å². The molecule has 38 heavy (non-hydrogen) atoms. The van der Waals surface area contributed by atoms with Gasteiger partial charge >= 0.3 is 0 Å². The van der Waals surface area contributed by atoms with E-state index < -0.39 is 5.60 Å². The van der Waals surface area contributed by atoms with Gasteiger partial charge in [0, 0.05) is 45.5 Å². The third-order valence-electron chi connectivity index (χ3n) is 6.89. The van der Waals surface area contributed by atoms with Gasteiger partial charge in [0.25, 0.3) is 0 Å². The van der Waals surface area contributed by atoms with E-state index in [1.165, 1.54) is 12.5 Å². The van der Waals surface area contributed by atoms with E-state index in [-0.39, 0.29) is 19.1 Å². The summed E-state index contributed by atoms with van der Waals surface area (Å²) in [4.78, 5) is 16.1. The van der Waals surface area contributed by atoms with Gasteiger partial charge in [0.2, 0.25) is 5.91 Å². The molecule has 1 saturated heterocycles. The molecule has 2 heterocycles. The van der Waals surface area contributed by atoms with Crippen molar-refractivity contribution in [3.63, 3.8) is 0 Å². The van der Waals surface area contributed by atoms with Gasteiger partial charge in [-0.3, -0.25) is 14.4 Å². The Hall–Kier alpha value is -3.56. The van der Waals surface area contributed by atoms with Gasteiger partial charge in [-0.1, -0.05) is 12.1 Å². The molecule has 4 rings (SSSR count). The highest BCUT2D eigenvalue weighted by Gasteiger charge is 2.37. The van der Waals surface area contributed by atoms with Gasteiger partial charge in [-0.15, -0.1) is 0 Å². The van der Waals surface area contributed by atoms with Crippen molar-refractivity contribution in [3.05, 3.63) is 71.5 Å². The molecule has 1 amide bonds. The number of carbonyl (C=O) groups is 1. The van der Waals surface area contributed by atoms with Crippen molar-refractivity contribution in [2.45, 2.75) is 39.5 Å². The number of aromatic nitrogens is 2. The number of carbonyl (C=O) groups excluding carboxylic acids is 1. The summed E-state index contributed by atoms with van der Waals surface area (Å²) >= 11 is 0. The average Bonchev–Trinajstić information content (AvgIpc) is 3.35. The van der Waals surface area contributed by atoms with Crippen molar-refractivity contribution in [1.29, 1.82) is 0 Å². The minimum Gasteiger partial charge on any atom is -0.493 e. The lowest BCUT2D eigenvalue weighted by Gasteiger charge is -2.33. The maximum atomic E-state index is 12.3. The Balaban J connectivity index is 1.43. The lowest BCUT2D eigenvalue weighted by molar-refractivity contribution is -0.132. The molecule has 1 atom stereocenters. The van der Waals surface area contributed by atoms with Crippen LogP contribution in [0.3, 0.4) is 0 Å². The Labute approximate surface area is 224 Å². The highest BCUT2D eigenvalue weighted by atomic mass is 16.5. The first-order chi connectivity index (χ1) is 18.2. The van der Waals surface area contributed by atoms with Crippen LogP contribution >= 0.6 is 0 Å². The summed E-state index contributed by atoms with van der Waals surface area (Å²) in [6.45, 7) is 9.16. The number of methoxy groups -OCH3 is 1. The molecule has 3 aromatic rings. The quantitative estimate of drug-likeness (QED) is 0.438. The lowest BCUT2D eigenvalue weighted by atomic mass is 10.0. The van der Waals surface area contributed by atoms with Gasteiger partial charge < -0.3 is 24.2 Å². The van der Waals surface area contributed by atoms with E-state index in [0.29, 0.717) is 56.6 Å². The second kappa shape index (κ2) is 12.3. The van der Waals surface area contributed by atoms with Gasteiger partial charge in [-0.25, -0.2) is 0 Å². The van der Waals surface area contributed by atoms with Crippen LogP contribution < -0.4 is 14.2 Å². The molecule has 1 aliphatic heterocycles. The monoisotopic (exact) mass is 522 g/mol. The molecule has 0 saturated carbocycles. The molecule has 1 aromatic heterocycles. The van der Waals surface area contributed by atoms with Crippen LogP contribution in [0.25, 0.3) is 0 Å². The zero-order chi connectivity index (χ0) is 27.1. The zero-order valence-electron chi connectivity index (χ0n) is 22.7. The van der Waals surface area contributed by atoms with Crippen LogP contribution in [0.2, 0.25) is 0 Å². The average molecular weight is 523 g/mol. The summed E-state index contributed by atoms with van der Waals surface area (Å²) in [6, 6.07) is 13.6. The number of nitrogens with zero attached hydrogens (tertiary/aromatic N) is 4. The van der Waals surface area contributed by atoms with Crippen LogP contribution in [-0.4, -0.2) is 82.7 Å². The molecule has 9 heteroatoms. The first-order valence-corrected chi connectivity index (χ1v) is 12.9. The fraction of sp³-hybridized carbons (Fsp3) is 0.448. The predicted octanol–water partition coefficient (Wildman–Crippen LogP) is 3.06. The maximum Gasteiger partial charge on any atom is 0.219 e. The molecule has 204 valence electrons. The minimum absolute atomic E-state index is 0.0604. The van der Waals surface area contributed by atoms with Crippen LogP contribution in [0.4, 0.5) is 0 Å². The number of amides is 1. The van der Waals surface area contributed by atoms with E-state index in [1.54, 1.807) is 18.2 Å². The molecule has 9 nitrogen and oxygen atoms in total. The smallest absolute Gasteiger partial charge is 0.219 e. The molecule has 2 aromatic carbocycles. The van der Waals surface area contributed by atoms with Crippen LogP contribution in [0.1, 0.15) is 23.6 Å². The fourth-order valence-electron chi connectivity index (χ4n) is 4.63. The van der Waals surface area contributed by atoms with Crippen molar-refractivity contribution in [3.8, 4) is 17.2 Å². The minimum atomic E-state index is -1.22. The van der Waals surface area contributed by atoms with Crippen LogP contribution in [0, 0.1) is 13.8 Å². The van der Waals surface area contributed by atoms with E-state index in [0.717, 1.165) is 11.1 Å². The molecule has 0 bridgehead atoms. The summed E-state index contributed by atoms with van der Waals surface area (Å²) in [6.07, 6.45) is 3.64. The highest BCUT2D eigenvalue weighted by molar-refractivity contribution is 5.73. The normalized spacial score (nSPS) is 18.2. The molecule has 0 unspecified atom stereocenters. The second-order valence-corrected chi connectivity index (χ2v) is 10.0. The van der Waals surface area contributed by atoms with E-state index >= 15 is 0 Å². The third-order valence-corrected chi connectivity index (χ3v) is 6.89. The third kappa shape index (κ3) is 7.26. The molecule has 1 fully saturated rings. The Morgan fingerprint density at radius 2 is 1.89 bits per heavy atom. The van der Waals surface area contributed by atoms with Crippen molar-refractivity contribution >= 4 is 5.91 Å². The summed E-state index contributed by atoms with van der Waals surface area (Å²) in [7, 11) is 1.62. The molecular formula is C29H38N4O5. The number of hydrogen-bond donors (Lipinski definition) is 1. The van der Waals surface area contributed by atoms with Gasteiger partial charge in [0.15, 0.2) is 11.5 Å². The second-order valence-electron chi connectivity index (χ2n) is 10.0. The SMILES string of the molecule is COc1cc(CN2CCN(C(C)=O)C[C@@](O)(COc3ccc(C)c(C)c3)C2)ccc1OCCn1cccn1. The van der Waals surface area contributed by atoms with E-state index in [4.69, 9.17) is 14.2 Å². The number of ether oxygens (including phenoxy) is 3. The van der Waals surface area contributed by atoms with Gasteiger partial charge in [-0.2, -0.15) is 5.10 Å². The molecule has 1 N–H and O–H groups in total.